The third-order valence-corrected chi connectivity index (χ3v) is 16.5. The molecule has 13 aromatic rings. The fourth-order valence-electron chi connectivity index (χ4n) is 13.4. The Kier molecular flexibility index (Phi) is 10.0. The van der Waals surface area contributed by atoms with Crippen LogP contribution in [-0.2, 0) is 10.8 Å². The molecule has 0 radical (unpaired) electrons. The average molecular weight is 965 g/mol. The van der Waals surface area contributed by atoms with Gasteiger partial charge in [-0.05, 0) is 134 Å². The largest absolute Gasteiger partial charge is 0.236 e. The van der Waals surface area contributed by atoms with E-state index in [2.05, 4.69) is 273 Å². The van der Waals surface area contributed by atoms with E-state index in [1.807, 2.05) is 18.5 Å². The summed E-state index contributed by atoms with van der Waals surface area (Å²) < 4.78 is 0. The van der Waals surface area contributed by atoms with Crippen LogP contribution < -0.4 is 0 Å². The number of fused-ring (bicyclic) bond motifs is 8. The van der Waals surface area contributed by atoms with Crippen molar-refractivity contribution < 1.29 is 0 Å². The molecule has 2 heteroatoms. The maximum Gasteiger partial charge on any atom is 0.159 e. The van der Waals surface area contributed by atoms with Crippen molar-refractivity contribution in [2.24, 2.45) is 0 Å². The smallest absolute Gasteiger partial charge is 0.159 e. The molecule has 76 heavy (non-hydrogen) atoms. The number of benzene rings is 12. The van der Waals surface area contributed by atoms with Gasteiger partial charge in [-0.3, -0.25) is 0 Å². The first-order valence-corrected chi connectivity index (χ1v) is 26.3. The summed E-state index contributed by atoms with van der Waals surface area (Å²) in [5.74, 6) is 0.685. The predicted octanol–water partition coefficient (Wildman–Crippen LogP) is 18.2. The standard InChI is InChI=1S/C74H48N2/c1-6-22-49(23-7-1)53-47-75-72(76-48-53)52-40-43-64-65(44-52)71(51-39-42-61-59-33-19-21-37-67(59)74(69(61)46-51,56-28-12-4-13-29-56)57-30-14-5-15-31-57)63-35-17-16-34-62(63)70(64)50-38-41-60-58-32-18-20-36-66(58)73(68(60)45-50,54-24-8-2-9-25-54)55-26-10-3-11-27-55/h1-48H. The fraction of sp³-hybridized carbons (Fsp3) is 0.0270. The van der Waals surface area contributed by atoms with Crippen molar-refractivity contribution in [3.05, 3.63) is 336 Å². The van der Waals surface area contributed by atoms with E-state index in [4.69, 9.17) is 9.97 Å². The van der Waals surface area contributed by atoms with Gasteiger partial charge in [0.25, 0.3) is 0 Å². The maximum atomic E-state index is 5.06. The second-order valence-electron chi connectivity index (χ2n) is 20.3. The molecular weight excluding hydrogens is 917 g/mol. The molecule has 0 saturated heterocycles. The van der Waals surface area contributed by atoms with E-state index in [0.717, 1.165) is 27.6 Å². The van der Waals surface area contributed by atoms with Gasteiger partial charge >= 0.3 is 0 Å². The summed E-state index contributed by atoms with van der Waals surface area (Å²) in [5, 5.41) is 4.69. The number of nitrogens with zero attached hydrogens (tertiary/aromatic N) is 2. The average Bonchev–Trinajstić information content (AvgIpc) is 4.18. The van der Waals surface area contributed by atoms with E-state index in [0.29, 0.717) is 5.82 Å². The molecule has 0 aliphatic heterocycles. The topological polar surface area (TPSA) is 25.8 Å². The van der Waals surface area contributed by atoms with Crippen molar-refractivity contribution in [3.63, 3.8) is 0 Å². The third-order valence-electron chi connectivity index (χ3n) is 16.5. The van der Waals surface area contributed by atoms with Gasteiger partial charge in [-0.15, -0.1) is 0 Å². The van der Waals surface area contributed by atoms with Crippen LogP contribution in [0.5, 0.6) is 0 Å². The van der Waals surface area contributed by atoms with Crippen LogP contribution in [0, 0.1) is 0 Å². The molecule has 0 spiro atoms. The minimum atomic E-state index is -0.554. The first-order valence-electron chi connectivity index (χ1n) is 26.3. The summed E-state index contributed by atoms with van der Waals surface area (Å²) in [6.07, 6.45) is 3.90. The molecule has 354 valence electrons. The maximum absolute atomic E-state index is 5.06. The van der Waals surface area contributed by atoms with Crippen molar-refractivity contribution in [2.45, 2.75) is 10.8 Å². The fourth-order valence-corrected chi connectivity index (χ4v) is 13.4. The lowest BCUT2D eigenvalue weighted by Crippen LogP contribution is -2.28. The van der Waals surface area contributed by atoms with Gasteiger partial charge < -0.3 is 0 Å². The summed E-state index contributed by atoms with van der Waals surface area (Å²) in [5.41, 5.74) is 21.8. The van der Waals surface area contributed by atoms with Crippen molar-refractivity contribution in [1.29, 1.82) is 0 Å². The zero-order valence-corrected chi connectivity index (χ0v) is 41.6. The van der Waals surface area contributed by atoms with Crippen LogP contribution >= 0.6 is 0 Å². The molecule has 0 atom stereocenters. The first-order chi connectivity index (χ1) is 37.7. The van der Waals surface area contributed by atoms with E-state index in [1.165, 1.54) is 99.6 Å². The van der Waals surface area contributed by atoms with Crippen LogP contribution in [0.2, 0.25) is 0 Å². The van der Waals surface area contributed by atoms with Crippen LogP contribution in [0.1, 0.15) is 44.5 Å². The molecule has 2 nitrogen and oxygen atoms in total. The second kappa shape index (κ2) is 17.4. The van der Waals surface area contributed by atoms with E-state index < -0.39 is 10.8 Å². The first kappa shape index (κ1) is 43.8. The zero-order valence-electron chi connectivity index (χ0n) is 41.6. The van der Waals surface area contributed by atoms with Gasteiger partial charge in [0.05, 0.1) is 10.8 Å². The Morgan fingerprint density at radius 3 is 1.04 bits per heavy atom. The van der Waals surface area contributed by atoms with E-state index in [1.54, 1.807) is 0 Å². The van der Waals surface area contributed by atoms with Gasteiger partial charge in [-0.25, -0.2) is 9.97 Å². The van der Waals surface area contributed by atoms with Gasteiger partial charge in [0.15, 0.2) is 5.82 Å². The molecule has 0 amide bonds. The molecular formula is C74H48N2. The minimum absolute atomic E-state index is 0.543. The van der Waals surface area contributed by atoms with Crippen LogP contribution in [0.3, 0.4) is 0 Å². The highest BCUT2D eigenvalue weighted by Crippen LogP contribution is 2.59. The minimum Gasteiger partial charge on any atom is -0.236 e. The molecule has 2 aliphatic rings. The normalized spacial score (nSPS) is 13.5. The van der Waals surface area contributed by atoms with Crippen LogP contribution in [0.25, 0.3) is 88.6 Å². The van der Waals surface area contributed by atoms with Gasteiger partial charge in [0.1, 0.15) is 0 Å². The Labute approximate surface area is 443 Å². The molecule has 1 heterocycles. The van der Waals surface area contributed by atoms with E-state index in [-0.39, 0.29) is 0 Å². The summed E-state index contributed by atoms with van der Waals surface area (Å²) in [7, 11) is 0. The summed E-state index contributed by atoms with van der Waals surface area (Å²) in [6.45, 7) is 0. The number of hydrogen-bond acceptors (Lipinski definition) is 2. The lowest BCUT2D eigenvalue weighted by atomic mass is 9.67. The highest BCUT2D eigenvalue weighted by atomic mass is 14.9. The molecule has 0 bridgehead atoms. The van der Waals surface area contributed by atoms with Crippen molar-refractivity contribution in [2.75, 3.05) is 0 Å². The number of hydrogen-bond donors (Lipinski definition) is 0. The molecule has 12 aromatic carbocycles. The van der Waals surface area contributed by atoms with Crippen LogP contribution in [0.4, 0.5) is 0 Å². The highest BCUT2D eigenvalue weighted by Gasteiger charge is 2.48. The van der Waals surface area contributed by atoms with Crippen molar-refractivity contribution in [1.82, 2.24) is 9.97 Å². The monoisotopic (exact) mass is 964 g/mol. The van der Waals surface area contributed by atoms with E-state index in [9.17, 15) is 0 Å². The van der Waals surface area contributed by atoms with E-state index >= 15 is 0 Å². The quantitative estimate of drug-likeness (QED) is 0.142. The Hall–Kier alpha value is -9.76. The Morgan fingerprint density at radius 2 is 0.579 bits per heavy atom. The Balaban J connectivity index is 1.02. The molecule has 0 saturated carbocycles. The summed E-state index contributed by atoms with van der Waals surface area (Å²) >= 11 is 0. The molecule has 1 aromatic heterocycles. The third kappa shape index (κ3) is 6.41. The number of aromatic nitrogens is 2. The Bertz CT molecular complexity index is 4280. The lowest BCUT2D eigenvalue weighted by Gasteiger charge is -2.34. The van der Waals surface area contributed by atoms with Crippen LogP contribution in [-0.4, -0.2) is 9.97 Å². The molecule has 15 rings (SSSR count). The molecule has 0 unspecified atom stereocenters. The molecule has 0 N–H and O–H groups in total. The SMILES string of the molecule is c1ccc(-c2cnc(-c3ccc4c(-c5ccc6c(c5)C(c5ccccc5)(c5ccccc5)c5ccccc5-6)c5ccccc5c(-c5ccc6c(c5)C(c5ccccc5)(c5ccccc5)c5ccccc5-6)c4c3)nc2)cc1. The van der Waals surface area contributed by atoms with Crippen molar-refractivity contribution >= 4 is 21.5 Å². The summed E-state index contributed by atoms with van der Waals surface area (Å²) in [6, 6.07) is 103. The highest BCUT2D eigenvalue weighted by molar-refractivity contribution is 6.22. The zero-order chi connectivity index (χ0) is 50.2. The number of rotatable bonds is 8. The van der Waals surface area contributed by atoms with Gasteiger partial charge in [0, 0.05) is 23.5 Å². The summed E-state index contributed by atoms with van der Waals surface area (Å²) in [4.78, 5) is 10.1. The van der Waals surface area contributed by atoms with Crippen molar-refractivity contribution in [3.8, 4) is 67.0 Å². The Morgan fingerprint density at radius 1 is 0.224 bits per heavy atom. The lowest BCUT2D eigenvalue weighted by molar-refractivity contribution is 0.769. The second-order valence-corrected chi connectivity index (χ2v) is 20.3. The van der Waals surface area contributed by atoms with Gasteiger partial charge in [-0.2, -0.15) is 0 Å². The van der Waals surface area contributed by atoms with Gasteiger partial charge in [0.2, 0.25) is 0 Å². The molecule has 2 aliphatic carbocycles. The predicted molar refractivity (Wildman–Crippen MR) is 313 cm³/mol. The molecule has 0 fully saturated rings. The van der Waals surface area contributed by atoms with Crippen LogP contribution in [0.15, 0.2) is 291 Å². The van der Waals surface area contributed by atoms with Gasteiger partial charge in [-0.1, -0.05) is 261 Å².